The van der Waals surface area contributed by atoms with E-state index in [-0.39, 0.29) is 40.1 Å². The minimum Gasteiger partial charge on any atom is -0.489 e. The Balaban J connectivity index is 1.82. The van der Waals surface area contributed by atoms with Gasteiger partial charge in [-0.3, -0.25) is 9.48 Å². The number of halogens is 2. The number of aryl methyl sites for hydroxylation is 1. The number of hydrogen-bond acceptors (Lipinski definition) is 6. The van der Waals surface area contributed by atoms with Gasteiger partial charge in [0, 0.05) is 30.6 Å². The fourth-order valence-corrected chi connectivity index (χ4v) is 4.39. The number of nitriles is 1. The third-order valence-corrected chi connectivity index (χ3v) is 6.29. The predicted octanol–water partition coefficient (Wildman–Crippen LogP) is 4.30. The largest absolute Gasteiger partial charge is 0.489 e. The summed E-state index contributed by atoms with van der Waals surface area (Å²) in [4.78, 5) is 12.5. The molecule has 0 aliphatic heterocycles. The van der Waals surface area contributed by atoms with Crippen LogP contribution in [0.15, 0.2) is 35.8 Å². The highest BCUT2D eigenvalue weighted by Gasteiger charge is 2.30. The number of aromatic nitrogens is 4. The van der Waals surface area contributed by atoms with Crippen LogP contribution < -0.4 is 16.0 Å². The van der Waals surface area contributed by atoms with E-state index in [0.29, 0.717) is 38.9 Å². The van der Waals surface area contributed by atoms with Gasteiger partial charge in [0.15, 0.2) is 5.82 Å². The lowest BCUT2D eigenvalue weighted by atomic mass is 9.93. The summed E-state index contributed by atoms with van der Waals surface area (Å²) in [7, 11) is 1.65. The number of rotatable bonds is 6. The van der Waals surface area contributed by atoms with Crippen molar-refractivity contribution in [3.63, 3.8) is 0 Å². The Bertz CT molecular complexity index is 1610. The highest BCUT2D eigenvalue weighted by molar-refractivity contribution is 6.31. The minimum absolute atomic E-state index is 0.00557. The molecule has 0 atom stereocenters. The second-order valence-electron chi connectivity index (χ2n) is 8.28. The van der Waals surface area contributed by atoms with E-state index in [1.165, 1.54) is 10.7 Å². The van der Waals surface area contributed by atoms with Crippen LogP contribution in [0.2, 0.25) is 5.02 Å². The van der Waals surface area contributed by atoms with Crippen molar-refractivity contribution in [2.24, 2.45) is 12.8 Å². The Morgan fingerprint density at radius 3 is 2.86 bits per heavy atom. The zero-order valence-corrected chi connectivity index (χ0v) is 19.5. The molecule has 176 valence electrons. The summed E-state index contributed by atoms with van der Waals surface area (Å²) in [6.45, 7) is 3.93. The summed E-state index contributed by atoms with van der Waals surface area (Å²) in [6, 6.07) is 6.93. The van der Waals surface area contributed by atoms with Gasteiger partial charge in [0.25, 0.3) is 5.56 Å². The van der Waals surface area contributed by atoms with Crippen molar-refractivity contribution in [3.8, 4) is 34.2 Å². The molecule has 1 saturated carbocycles. The molecule has 2 aromatic carbocycles. The number of aromatic amines is 1. The van der Waals surface area contributed by atoms with E-state index < -0.39 is 5.82 Å². The Morgan fingerprint density at radius 1 is 1.43 bits per heavy atom. The molecule has 0 unspecified atom stereocenters. The van der Waals surface area contributed by atoms with E-state index in [4.69, 9.17) is 22.1 Å². The fraction of sp³-hybridized carbons (Fsp3) is 0.200. The van der Waals surface area contributed by atoms with Crippen molar-refractivity contribution >= 4 is 28.4 Å². The summed E-state index contributed by atoms with van der Waals surface area (Å²) in [6.07, 6.45) is 4.83. The summed E-state index contributed by atoms with van der Waals surface area (Å²) < 4.78 is 22.9. The van der Waals surface area contributed by atoms with Gasteiger partial charge in [-0.2, -0.15) is 15.5 Å². The van der Waals surface area contributed by atoms with Crippen LogP contribution in [0.25, 0.3) is 39.2 Å². The summed E-state index contributed by atoms with van der Waals surface area (Å²) in [5.74, 6) is -0.517. The first-order chi connectivity index (χ1) is 16.9. The van der Waals surface area contributed by atoms with Crippen molar-refractivity contribution in [1.29, 1.82) is 5.26 Å². The normalized spacial score (nSPS) is 13.1. The standard InChI is InChI=1S/C25H20ClFN6O2/c1-3-12-6-13(7-15-19(10-29)31-32-25(34)21(12)15)17-11-30-33(2)24(17)22-16(9-28)20(35-14-4-5-14)8-18(26)23(22)27/h3,6-8,11,14H,1,4-5,10,29H2,2H3,(H,32,34). The van der Waals surface area contributed by atoms with Crippen LogP contribution >= 0.6 is 11.6 Å². The van der Waals surface area contributed by atoms with Crippen molar-refractivity contribution in [1.82, 2.24) is 20.0 Å². The topological polar surface area (TPSA) is 123 Å². The Hall–Kier alpha value is -4.00. The van der Waals surface area contributed by atoms with Crippen LogP contribution in [0.1, 0.15) is 29.7 Å². The maximum atomic E-state index is 15.5. The van der Waals surface area contributed by atoms with Crippen LogP contribution in [0, 0.1) is 17.1 Å². The van der Waals surface area contributed by atoms with Crippen LogP contribution in [-0.2, 0) is 13.6 Å². The van der Waals surface area contributed by atoms with Gasteiger partial charge in [-0.05, 0) is 36.1 Å². The van der Waals surface area contributed by atoms with Crippen LogP contribution in [-0.4, -0.2) is 26.1 Å². The molecule has 0 amide bonds. The molecule has 8 nitrogen and oxygen atoms in total. The number of H-pyrrole nitrogens is 1. The average molecular weight is 491 g/mol. The molecular formula is C25H20ClFN6O2. The number of nitrogens with two attached hydrogens (primary N) is 1. The molecule has 4 aromatic rings. The molecule has 2 heterocycles. The van der Waals surface area contributed by atoms with E-state index in [1.54, 1.807) is 31.5 Å². The zero-order chi connectivity index (χ0) is 24.9. The van der Waals surface area contributed by atoms with Gasteiger partial charge in [0.2, 0.25) is 0 Å². The molecule has 5 rings (SSSR count). The lowest BCUT2D eigenvalue weighted by Crippen LogP contribution is -2.14. The summed E-state index contributed by atoms with van der Waals surface area (Å²) in [5, 5.41) is 21.6. The molecule has 35 heavy (non-hydrogen) atoms. The monoisotopic (exact) mass is 490 g/mol. The maximum absolute atomic E-state index is 15.5. The van der Waals surface area contributed by atoms with E-state index in [2.05, 4.69) is 27.9 Å². The quantitative estimate of drug-likeness (QED) is 0.415. The minimum atomic E-state index is -0.748. The molecule has 0 spiro atoms. The second-order valence-corrected chi connectivity index (χ2v) is 8.68. The van der Waals surface area contributed by atoms with Gasteiger partial charge in [0.05, 0.1) is 39.7 Å². The number of fused-ring (bicyclic) bond motifs is 1. The first-order valence-corrected chi connectivity index (χ1v) is 11.2. The molecule has 0 saturated heterocycles. The Kier molecular flexibility index (Phi) is 5.63. The summed E-state index contributed by atoms with van der Waals surface area (Å²) >= 11 is 6.23. The smallest absolute Gasteiger partial charge is 0.272 e. The molecule has 0 radical (unpaired) electrons. The fourth-order valence-electron chi connectivity index (χ4n) is 4.19. The van der Waals surface area contributed by atoms with Crippen molar-refractivity contribution < 1.29 is 9.13 Å². The second kappa shape index (κ2) is 8.65. The number of hydrogen-bond donors (Lipinski definition) is 2. The number of nitrogens with zero attached hydrogens (tertiary/aromatic N) is 4. The Labute approximate surface area is 204 Å². The SMILES string of the molecule is C=Cc1cc(-c2cnn(C)c2-c2c(F)c(Cl)cc(OC3CC3)c2C#N)cc2c(CN)n[nH]c(=O)c12. The lowest BCUT2D eigenvalue weighted by molar-refractivity contribution is 0.302. The lowest BCUT2D eigenvalue weighted by Gasteiger charge is -2.16. The van der Waals surface area contributed by atoms with Crippen molar-refractivity contribution in [3.05, 3.63) is 69.0 Å². The van der Waals surface area contributed by atoms with E-state index in [9.17, 15) is 10.1 Å². The van der Waals surface area contributed by atoms with Crippen LogP contribution in [0.4, 0.5) is 4.39 Å². The number of nitrogens with one attached hydrogen (secondary N) is 1. The number of benzene rings is 2. The highest BCUT2D eigenvalue weighted by atomic mass is 35.5. The van der Waals surface area contributed by atoms with Gasteiger partial charge < -0.3 is 10.5 Å². The van der Waals surface area contributed by atoms with E-state index in [1.807, 2.05) is 0 Å². The molecule has 0 bridgehead atoms. The maximum Gasteiger partial charge on any atom is 0.272 e. The summed E-state index contributed by atoms with van der Waals surface area (Å²) in [5.41, 5.74) is 8.04. The van der Waals surface area contributed by atoms with Crippen LogP contribution in [0.3, 0.4) is 0 Å². The third kappa shape index (κ3) is 3.77. The van der Waals surface area contributed by atoms with Gasteiger partial charge >= 0.3 is 0 Å². The molecule has 1 aliphatic carbocycles. The molecule has 2 aromatic heterocycles. The molecule has 3 N–H and O–H groups in total. The highest BCUT2D eigenvalue weighted by Crippen LogP contribution is 2.43. The average Bonchev–Trinajstić information content (AvgIpc) is 3.59. The predicted molar refractivity (Wildman–Crippen MR) is 131 cm³/mol. The molecule has 1 fully saturated rings. The Morgan fingerprint density at radius 2 is 2.20 bits per heavy atom. The van der Waals surface area contributed by atoms with E-state index >= 15 is 4.39 Å². The first kappa shape index (κ1) is 22.8. The van der Waals surface area contributed by atoms with Gasteiger partial charge in [-0.15, -0.1) is 0 Å². The van der Waals surface area contributed by atoms with Crippen LogP contribution in [0.5, 0.6) is 5.75 Å². The van der Waals surface area contributed by atoms with Crippen molar-refractivity contribution in [2.45, 2.75) is 25.5 Å². The molecular weight excluding hydrogens is 471 g/mol. The van der Waals surface area contributed by atoms with Gasteiger partial charge in [-0.1, -0.05) is 24.3 Å². The zero-order valence-electron chi connectivity index (χ0n) is 18.7. The van der Waals surface area contributed by atoms with Crippen molar-refractivity contribution in [2.75, 3.05) is 0 Å². The van der Waals surface area contributed by atoms with Gasteiger partial charge in [0.1, 0.15) is 17.4 Å². The molecule has 1 aliphatic rings. The van der Waals surface area contributed by atoms with E-state index in [0.717, 1.165) is 12.8 Å². The number of ether oxygens (including phenoxy) is 1. The molecule has 10 heteroatoms. The first-order valence-electron chi connectivity index (χ1n) is 10.9. The third-order valence-electron chi connectivity index (χ3n) is 6.01. The van der Waals surface area contributed by atoms with Gasteiger partial charge in [-0.25, -0.2) is 9.49 Å².